The second-order valence-electron chi connectivity index (χ2n) is 6.26. The van der Waals surface area contributed by atoms with Gasteiger partial charge in [0.15, 0.2) is 11.5 Å². The minimum atomic E-state index is -0.299. The number of nitrogens with zero attached hydrogens (tertiary/aromatic N) is 2. The first kappa shape index (κ1) is 12.9. The molecule has 0 bridgehead atoms. The van der Waals surface area contributed by atoms with Gasteiger partial charge in [-0.1, -0.05) is 25.9 Å². The quantitative estimate of drug-likeness (QED) is 0.901. The van der Waals surface area contributed by atoms with Crippen LogP contribution in [0, 0.1) is 0 Å². The fourth-order valence-corrected chi connectivity index (χ4v) is 1.91. The van der Waals surface area contributed by atoms with Gasteiger partial charge in [0.05, 0.1) is 0 Å². The molecule has 0 saturated heterocycles. The van der Waals surface area contributed by atoms with Crippen molar-refractivity contribution in [1.82, 2.24) is 15.4 Å². The highest BCUT2D eigenvalue weighted by molar-refractivity contribution is 6.02. The summed E-state index contributed by atoms with van der Waals surface area (Å²) in [4.78, 5) is 12.0. The molecule has 1 saturated carbocycles. The van der Waals surface area contributed by atoms with E-state index in [9.17, 15) is 4.79 Å². The van der Waals surface area contributed by atoms with Crippen molar-refractivity contribution in [1.29, 1.82) is 0 Å². The third-order valence-corrected chi connectivity index (χ3v) is 3.37. The van der Waals surface area contributed by atoms with E-state index in [0.717, 1.165) is 24.3 Å². The van der Waals surface area contributed by atoms with Crippen LogP contribution in [0.2, 0.25) is 0 Å². The summed E-state index contributed by atoms with van der Waals surface area (Å²) in [7, 11) is 0. The van der Waals surface area contributed by atoms with E-state index in [1.54, 1.807) is 6.07 Å². The third kappa shape index (κ3) is 2.59. The Morgan fingerprint density at radius 1 is 1.40 bits per heavy atom. The molecule has 2 N–H and O–H groups in total. The topological polar surface area (TPSA) is 83.8 Å². The van der Waals surface area contributed by atoms with E-state index in [2.05, 4.69) is 41.4 Å². The summed E-state index contributed by atoms with van der Waals surface area (Å²) in [6.45, 7) is 6.23. The van der Waals surface area contributed by atoms with Gasteiger partial charge in [0, 0.05) is 29.2 Å². The maximum absolute atomic E-state index is 12.0. The second-order valence-corrected chi connectivity index (χ2v) is 6.26. The van der Waals surface area contributed by atoms with Gasteiger partial charge >= 0.3 is 0 Å². The standard InChI is InChI=1S/C14H18N4O2/c1-14(2,3)11-7-12(17-16-11)15-13(19)9-6-10(20-18-9)8-4-5-8/h6-8H,4-5H2,1-3H3,(H2,15,16,17,19). The summed E-state index contributed by atoms with van der Waals surface area (Å²) in [5, 5.41) is 13.5. The summed E-state index contributed by atoms with van der Waals surface area (Å²) in [5.41, 5.74) is 1.22. The van der Waals surface area contributed by atoms with Crippen LogP contribution in [0.4, 0.5) is 5.82 Å². The monoisotopic (exact) mass is 274 g/mol. The predicted molar refractivity (Wildman–Crippen MR) is 73.7 cm³/mol. The minimum Gasteiger partial charge on any atom is -0.360 e. The lowest BCUT2D eigenvalue weighted by Crippen LogP contribution is -2.12. The van der Waals surface area contributed by atoms with Crippen LogP contribution in [0.3, 0.4) is 0 Å². The first-order valence-electron chi connectivity index (χ1n) is 6.77. The number of aromatic nitrogens is 3. The van der Waals surface area contributed by atoms with Gasteiger partial charge in [-0.3, -0.25) is 9.89 Å². The highest BCUT2D eigenvalue weighted by atomic mass is 16.5. The van der Waals surface area contributed by atoms with Crippen LogP contribution in [0.15, 0.2) is 16.7 Å². The van der Waals surface area contributed by atoms with Crippen molar-refractivity contribution < 1.29 is 9.32 Å². The van der Waals surface area contributed by atoms with E-state index >= 15 is 0 Å². The maximum atomic E-state index is 12.0. The number of aromatic amines is 1. The van der Waals surface area contributed by atoms with Gasteiger partial charge in [0.1, 0.15) is 5.76 Å². The molecule has 0 aromatic carbocycles. The number of carbonyl (C=O) groups is 1. The fourth-order valence-electron chi connectivity index (χ4n) is 1.91. The van der Waals surface area contributed by atoms with Crippen LogP contribution in [0.5, 0.6) is 0 Å². The molecule has 2 aromatic heterocycles. The Morgan fingerprint density at radius 3 is 2.75 bits per heavy atom. The Hall–Kier alpha value is -2.11. The fraction of sp³-hybridized carbons (Fsp3) is 0.500. The van der Waals surface area contributed by atoms with Gasteiger partial charge < -0.3 is 9.84 Å². The average molecular weight is 274 g/mol. The van der Waals surface area contributed by atoms with Crippen LogP contribution in [0.1, 0.15) is 61.5 Å². The van der Waals surface area contributed by atoms with Gasteiger partial charge in [0.25, 0.3) is 5.91 Å². The summed E-state index contributed by atoms with van der Waals surface area (Å²) in [5.74, 6) is 1.44. The van der Waals surface area contributed by atoms with Crippen molar-refractivity contribution in [2.45, 2.75) is 44.9 Å². The Balaban J connectivity index is 1.70. The molecule has 6 nitrogen and oxygen atoms in total. The Kier molecular flexibility index (Phi) is 2.88. The molecule has 3 rings (SSSR count). The molecule has 20 heavy (non-hydrogen) atoms. The lowest BCUT2D eigenvalue weighted by Gasteiger charge is -2.14. The molecular weight excluding hydrogens is 256 g/mol. The molecule has 2 aromatic rings. The van der Waals surface area contributed by atoms with Gasteiger partial charge in [0.2, 0.25) is 0 Å². The van der Waals surface area contributed by atoms with E-state index in [-0.39, 0.29) is 11.3 Å². The number of rotatable bonds is 3. The SMILES string of the molecule is CC(C)(C)c1cc(NC(=O)c2cc(C3CC3)on2)n[nH]1. The average Bonchev–Trinajstić information content (AvgIpc) is 2.91. The van der Waals surface area contributed by atoms with Gasteiger partial charge in [-0.15, -0.1) is 0 Å². The van der Waals surface area contributed by atoms with Crippen molar-refractivity contribution in [3.8, 4) is 0 Å². The molecule has 1 amide bonds. The van der Waals surface area contributed by atoms with Crippen molar-refractivity contribution in [2.24, 2.45) is 0 Å². The molecule has 1 fully saturated rings. The maximum Gasteiger partial charge on any atom is 0.279 e. The number of H-pyrrole nitrogens is 1. The Morgan fingerprint density at radius 2 is 2.15 bits per heavy atom. The smallest absolute Gasteiger partial charge is 0.279 e. The van der Waals surface area contributed by atoms with Crippen LogP contribution in [-0.2, 0) is 5.41 Å². The number of carbonyl (C=O) groups excluding carboxylic acids is 1. The molecule has 2 heterocycles. The molecule has 0 atom stereocenters. The van der Waals surface area contributed by atoms with Crippen molar-refractivity contribution in [2.75, 3.05) is 5.32 Å². The molecule has 0 aliphatic heterocycles. The van der Waals surface area contributed by atoms with Crippen molar-refractivity contribution >= 4 is 11.7 Å². The lowest BCUT2D eigenvalue weighted by molar-refractivity contribution is 0.101. The summed E-state index contributed by atoms with van der Waals surface area (Å²) < 4.78 is 5.17. The number of anilines is 1. The summed E-state index contributed by atoms with van der Waals surface area (Å²) in [6, 6.07) is 3.55. The molecule has 6 heteroatoms. The first-order valence-corrected chi connectivity index (χ1v) is 6.77. The molecule has 0 radical (unpaired) electrons. The van der Waals surface area contributed by atoms with Crippen LogP contribution in [0.25, 0.3) is 0 Å². The lowest BCUT2D eigenvalue weighted by atomic mass is 9.92. The minimum absolute atomic E-state index is 0.0387. The molecule has 1 aliphatic rings. The Bertz CT molecular complexity index is 632. The molecular formula is C14H18N4O2. The van der Waals surface area contributed by atoms with E-state index in [0.29, 0.717) is 17.4 Å². The van der Waals surface area contributed by atoms with Gasteiger partial charge in [-0.2, -0.15) is 5.10 Å². The van der Waals surface area contributed by atoms with Crippen molar-refractivity contribution in [3.63, 3.8) is 0 Å². The van der Waals surface area contributed by atoms with E-state index in [1.807, 2.05) is 6.07 Å². The summed E-state index contributed by atoms with van der Waals surface area (Å²) in [6.07, 6.45) is 2.23. The zero-order valence-electron chi connectivity index (χ0n) is 11.9. The molecule has 106 valence electrons. The zero-order valence-corrected chi connectivity index (χ0v) is 11.9. The highest BCUT2D eigenvalue weighted by Crippen LogP contribution is 2.40. The van der Waals surface area contributed by atoms with Gasteiger partial charge in [-0.05, 0) is 12.8 Å². The van der Waals surface area contributed by atoms with Crippen LogP contribution < -0.4 is 5.32 Å². The second kappa shape index (κ2) is 4.47. The van der Waals surface area contributed by atoms with E-state index in [4.69, 9.17) is 4.52 Å². The predicted octanol–water partition coefficient (Wildman–Crippen LogP) is 2.82. The molecule has 0 spiro atoms. The largest absolute Gasteiger partial charge is 0.360 e. The number of hydrogen-bond donors (Lipinski definition) is 2. The molecule has 0 unspecified atom stereocenters. The Labute approximate surface area is 116 Å². The van der Waals surface area contributed by atoms with Crippen LogP contribution in [-0.4, -0.2) is 21.3 Å². The van der Waals surface area contributed by atoms with E-state index < -0.39 is 0 Å². The highest BCUT2D eigenvalue weighted by Gasteiger charge is 2.29. The number of hydrogen-bond acceptors (Lipinski definition) is 4. The van der Waals surface area contributed by atoms with E-state index in [1.165, 1.54) is 0 Å². The van der Waals surface area contributed by atoms with Gasteiger partial charge in [-0.25, -0.2) is 0 Å². The van der Waals surface area contributed by atoms with Crippen molar-refractivity contribution in [3.05, 3.63) is 29.3 Å². The third-order valence-electron chi connectivity index (χ3n) is 3.37. The first-order chi connectivity index (χ1) is 9.43. The zero-order chi connectivity index (χ0) is 14.3. The number of amides is 1. The molecule has 1 aliphatic carbocycles. The van der Waals surface area contributed by atoms with Crippen LogP contribution >= 0.6 is 0 Å². The normalized spacial score (nSPS) is 15.3. The summed E-state index contributed by atoms with van der Waals surface area (Å²) >= 11 is 0. The number of nitrogens with one attached hydrogen (secondary N) is 2.